The number of hydrogen-bond donors (Lipinski definition) is 1. The lowest BCUT2D eigenvalue weighted by molar-refractivity contribution is -0.137. The summed E-state index contributed by atoms with van der Waals surface area (Å²) in [7, 11) is 0. The molecular formula is C25H34FN3O4. The van der Waals surface area contributed by atoms with E-state index < -0.39 is 23.0 Å². The monoisotopic (exact) mass is 459 g/mol. The van der Waals surface area contributed by atoms with Crippen molar-refractivity contribution in [1.82, 2.24) is 9.13 Å². The Morgan fingerprint density at radius 3 is 2.52 bits per heavy atom. The Labute approximate surface area is 193 Å². The van der Waals surface area contributed by atoms with E-state index in [-0.39, 0.29) is 30.6 Å². The Kier molecular flexibility index (Phi) is 8.47. The van der Waals surface area contributed by atoms with Gasteiger partial charge in [-0.2, -0.15) is 0 Å². The van der Waals surface area contributed by atoms with E-state index in [1.165, 1.54) is 24.6 Å². The first-order chi connectivity index (χ1) is 15.9. The number of fused-ring (bicyclic) bond motifs is 1. The third-order valence-corrected chi connectivity index (χ3v) is 6.36. The van der Waals surface area contributed by atoms with Gasteiger partial charge in [0, 0.05) is 24.7 Å². The van der Waals surface area contributed by atoms with E-state index in [2.05, 4.69) is 5.32 Å². The molecule has 0 amide bonds. The van der Waals surface area contributed by atoms with Gasteiger partial charge in [0.05, 0.1) is 23.2 Å². The highest BCUT2D eigenvalue weighted by atomic mass is 19.1. The zero-order valence-electron chi connectivity index (χ0n) is 19.7. The third kappa shape index (κ3) is 5.54. The first-order valence-electron chi connectivity index (χ1n) is 12.0. The third-order valence-electron chi connectivity index (χ3n) is 6.36. The molecule has 0 spiro atoms. The zero-order chi connectivity index (χ0) is 24.0. The summed E-state index contributed by atoms with van der Waals surface area (Å²) >= 11 is 0. The Bertz CT molecular complexity index is 1130. The van der Waals surface area contributed by atoms with Crippen molar-refractivity contribution in [2.24, 2.45) is 0 Å². The van der Waals surface area contributed by atoms with Gasteiger partial charge in [0.25, 0.3) is 5.56 Å². The standard InChI is InChI=1S/C25H34FN3O4/c1-4-18(5-2)29-22-16-21(27-17-11-8-7-9-12-17)20(26)15-19(22)24(31)28(25(29)32)14-10-13-23(30)33-6-3/h10,13,15-18,27H,4-9,11-12,14H2,1-3H3/b13-10+. The molecule has 1 aromatic carbocycles. The van der Waals surface area contributed by atoms with Crippen molar-refractivity contribution in [3.63, 3.8) is 0 Å². The van der Waals surface area contributed by atoms with Crippen LogP contribution in [0.5, 0.6) is 0 Å². The highest BCUT2D eigenvalue weighted by molar-refractivity contribution is 5.83. The Balaban J connectivity index is 2.12. The fraction of sp³-hybridized carbons (Fsp3) is 0.560. The predicted octanol–water partition coefficient (Wildman–Crippen LogP) is 4.53. The summed E-state index contributed by atoms with van der Waals surface area (Å²) < 4.78 is 22.5. The van der Waals surface area contributed by atoms with E-state index in [1.54, 1.807) is 17.6 Å². The fourth-order valence-corrected chi connectivity index (χ4v) is 4.59. The predicted molar refractivity (Wildman–Crippen MR) is 128 cm³/mol. The maximum atomic E-state index is 15.1. The lowest BCUT2D eigenvalue weighted by Crippen LogP contribution is -2.41. The molecule has 8 heteroatoms. The van der Waals surface area contributed by atoms with Crippen LogP contribution in [0.2, 0.25) is 0 Å². The van der Waals surface area contributed by atoms with E-state index in [0.29, 0.717) is 24.0 Å². The van der Waals surface area contributed by atoms with Crippen molar-refractivity contribution in [3.05, 3.63) is 50.9 Å². The number of carbonyl (C=O) groups excluding carboxylic acids is 1. The number of nitrogens with one attached hydrogen (secondary N) is 1. The molecule has 1 aliphatic rings. The van der Waals surface area contributed by atoms with Crippen molar-refractivity contribution in [2.45, 2.75) is 84.3 Å². The molecule has 0 bridgehead atoms. The second kappa shape index (κ2) is 11.3. The number of rotatable bonds is 9. The van der Waals surface area contributed by atoms with Gasteiger partial charge in [0.1, 0.15) is 5.82 Å². The molecule has 1 saturated carbocycles. The zero-order valence-corrected chi connectivity index (χ0v) is 19.7. The molecule has 1 heterocycles. The number of ether oxygens (including phenoxy) is 1. The van der Waals surface area contributed by atoms with Crippen LogP contribution in [0.25, 0.3) is 10.9 Å². The van der Waals surface area contributed by atoms with Crippen molar-refractivity contribution in [2.75, 3.05) is 11.9 Å². The lowest BCUT2D eigenvalue weighted by Gasteiger charge is -2.25. The minimum absolute atomic E-state index is 0.101. The van der Waals surface area contributed by atoms with Crippen molar-refractivity contribution >= 4 is 22.6 Å². The second-order valence-corrected chi connectivity index (χ2v) is 8.52. The van der Waals surface area contributed by atoms with Gasteiger partial charge < -0.3 is 10.1 Å². The summed E-state index contributed by atoms with van der Waals surface area (Å²) in [4.78, 5) is 38.2. The van der Waals surface area contributed by atoms with Crippen LogP contribution in [-0.4, -0.2) is 27.8 Å². The molecular weight excluding hydrogens is 425 g/mol. The molecule has 0 aliphatic heterocycles. The van der Waals surface area contributed by atoms with E-state index in [1.807, 2.05) is 13.8 Å². The van der Waals surface area contributed by atoms with Crippen molar-refractivity contribution in [1.29, 1.82) is 0 Å². The largest absolute Gasteiger partial charge is 0.463 e. The number of hydrogen-bond acceptors (Lipinski definition) is 5. The van der Waals surface area contributed by atoms with Gasteiger partial charge in [-0.3, -0.25) is 13.9 Å². The van der Waals surface area contributed by atoms with Gasteiger partial charge in [0.2, 0.25) is 0 Å². The molecule has 1 N–H and O–H groups in total. The van der Waals surface area contributed by atoms with Crippen LogP contribution >= 0.6 is 0 Å². The van der Waals surface area contributed by atoms with Gasteiger partial charge >= 0.3 is 11.7 Å². The molecule has 1 aliphatic carbocycles. The van der Waals surface area contributed by atoms with Crippen LogP contribution in [0, 0.1) is 5.82 Å². The van der Waals surface area contributed by atoms with Crippen LogP contribution < -0.4 is 16.6 Å². The number of halogens is 1. The Morgan fingerprint density at radius 2 is 1.88 bits per heavy atom. The summed E-state index contributed by atoms with van der Waals surface area (Å²) in [6.07, 6.45) is 9.34. The van der Waals surface area contributed by atoms with Gasteiger partial charge in [0.15, 0.2) is 0 Å². The number of aromatic nitrogens is 2. The highest BCUT2D eigenvalue weighted by Crippen LogP contribution is 2.27. The summed E-state index contributed by atoms with van der Waals surface area (Å²) in [6.45, 7) is 5.79. The van der Waals surface area contributed by atoms with Crippen molar-refractivity contribution in [3.8, 4) is 0 Å². The maximum Gasteiger partial charge on any atom is 0.332 e. The van der Waals surface area contributed by atoms with E-state index in [4.69, 9.17) is 4.74 Å². The molecule has 1 aromatic heterocycles. The Morgan fingerprint density at radius 1 is 1.18 bits per heavy atom. The van der Waals surface area contributed by atoms with Gasteiger partial charge in [-0.05, 0) is 44.7 Å². The first-order valence-corrected chi connectivity index (χ1v) is 12.0. The van der Waals surface area contributed by atoms with Crippen LogP contribution in [0.15, 0.2) is 33.9 Å². The summed E-state index contributed by atoms with van der Waals surface area (Å²) in [5.74, 6) is -1.05. The summed E-state index contributed by atoms with van der Waals surface area (Å²) in [5.41, 5.74) is -0.282. The number of carbonyl (C=O) groups is 1. The maximum absolute atomic E-state index is 15.1. The van der Waals surface area contributed by atoms with Crippen LogP contribution in [0.1, 0.15) is 71.8 Å². The average Bonchev–Trinajstić information content (AvgIpc) is 2.81. The number of anilines is 1. The molecule has 33 heavy (non-hydrogen) atoms. The molecule has 7 nitrogen and oxygen atoms in total. The minimum atomic E-state index is -0.575. The second-order valence-electron chi connectivity index (χ2n) is 8.52. The van der Waals surface area contributed by atoms with Crippen molar-refractivity contribution < 1.29 is 13.9 Å². The normalized spacial score (nSPS) is 14.9. The number of nitrogens with zero attached hydrogens (tertiary/aromatic N) is 2. The van der Waals surface area contributed by atoms with E-state index in [9.17, 15) is 14.4 Å². The average molecular weight is 460 g/mol. The molecule has 0 unspecified atom stereocenters. The van der Waals surface area contributed by atoms with Gasteiger partial charge in [-0.25, -0.2) is 14.0 Å². The van der Waals surface area contributed by atoms with Crippen LogP contribution in [-0.2, 0) is 16.1 Å². The first kappa shape index (κ1) is 24.7. The SMILES string of the molecule is CCOC(=O)/C=C/Cn1c(=O)c2cc(F)c(NC3CCCCC3)cc2n(C(CC)CC)c1=O. The Hall–Kier alpha value is -2.90. The number of benzene rings is 1. The molecule has 3 rings (SSSR count). The van der Waals surface area contributed by atoms with Crippen LogP contribution in [0.4, 0.5) is 10.1 Å². The van der Waals surface area contributed by atoms with E-state index >= 15 is 4.39 Å². The van der Waals surface area contributed by atoms with Gasteiger partial charge in [-0.1, -0.05) is 39.2 Å². The summed E-state index contributed by atoms with van der Waals surface area (Å²) in [5, 5.41) is 3.44. The smallest absolute Gasteiger partial charge is 0.332 e. The molecule has 0 saturated heterocycles. The minimum Gasteiger partial charge on any atom is -0.463 e. The fourth-order valence-electron chi connectivity index (χ4n) is 4.59. The van der Waals surface area contributed by atoms with Gasteiger partial charge in [-0.15, -0.1) is 0 Å². The summed E-state index contributed by atoms with van der Waals surface area (Å²) in [6, 6.07) is 2.88. The highest BCUT2D eigenvalue weighted by Gasteiger charge is 2.21. The number of allylic oxidation sites excluding steroid dienone is 1. The molecule has 180 valence electrons. The van der Waals surface area contributed by atoms with E-state index in [0.717, 1.165) is 30.3 Å². The molecule has 0 radical (unpaired) electrons. The number of esters is 1. The molecule has 1 fully saturated rings. The molecule has 0 atom stereocenters. The quantitative estimate of drug-likeness (QED) is 0.440. The van der Waals surface area contributed by atoms with Crippen LogP contribution in [0.3, 0.4) is 0 Å². The lowest BCUT2D eigenvalue weighted by atomic mass is 9.95. The molecule has 2 aromatic rings. The topological polar surface area (TPSA) is 82.3 Å².